The molecule has 1 aromatic heterocycles. The number of para-hydroxylation sites is 1. The minimum Gasteiger partial charge on any atom is -0.468 e. The van der Waals surface area contributed by atoms with Crippen LogP contribution >= 0.6 is 0 Å². The van der Waals surface area contributed by atoms with E-state index < -0.39 is 29.7 Å². The summed E-state index contributed by atoms with van der Waals surface area (Å²) in [5, 5.41) is 4.12. The van der Waals surface area contributed by atoms with Gasteiger partial charge in [0.1, 0.15) is 17.7 Å². The highest BCUT2D eigenvalue weighted by Gasteiger charge is 2.35. The highest BCUT2D eigenvalue weighted by atomic mass is 19.1. The maximum atomic E-state index is 14.4. The van der Waals surface area contributed by atoms with Gasteiger partial charge in [-0.3, -0.25) is 10.1 Å². The van der Waals surface area contributed by atoms with Crippen molar-refractivity contribution in [3.05, 3.63) is 70.9 Å². The molecule has 4 nitrogen and oxygen atoms in total. The first-order valence-electron chi connectivity index (χ1n) is 7.97. The standard InChI is InChI=1S/C19H16F2N2O2/c1-25-19(24)16-9-13-11-4-2-3-5-15(11)22-18(13)17(23-16)12-7-6-10(20)8-14(12)21/h2-8,16-17,22-23H,9H2,1H3/t16-,17+/m0/s1. The summed E-state index contributed by atoms with van der Waals surface area (Å²) >= 11 is 0. The van der Waals surface area contributed by atoms with E-state index in [0.29, 0.717) is 6.42 Å². The summed E-state index contributed by atoms with van der Waals surface area (Å²) in [7, 11) is 1.32. The monoisotopic (exact) mass is 342 g/mol. The van der Waals surface area contributed by atoms with E-state index in [1.807, 2.05) is 24.3 Å². The molecule has 3 aromatic rings. The quantitative estimate of drug-likeness (QED) is 0.703. The smallest absolute Gasteiger partial charge is 0.323 e. The second kappa shape index (κ2) is 5.97. The van der Waals surface area contributed by atoms with Gasteiger partial charge in [-0.1, -0.05) is 24.3 Å². The molecule has 0 saturated heterocycles. The molecule has 128 valence electrons. The number of ether oxygens (including phenoxy) is 1. The van der Waals surface area contributed by atoms with Crippen molar-refractivity contribution < 1.29 is 18.3 Å². The molecule has 2 aromatic carbocycles. The van der Waals surface area contributed by atoms with Crippen LogP contribution in [0.1, 0.15) is 22.9 Å². The highest BCUT2D eigenvalue weighted by molar-refractivity contribution is 5.87. The van der Waals surface area contributed by atoms with Gasteiger partial charge in [0.05, 0.1) is 13.2 Å². The van der Waals surface area contributed by atoms with E-state index in [2.05, 4.69) is 10.3 Å². The Morgan fingerprint density at radius 1 is 1.20 bits per heavy atom. The molecule has 0 fully saturated rings. The predicted molar refractivity (Wildman–Crippen MR) is 89.1 cm³/mol. The van der Waals surface area contributed by atoms with E-state index in [1.54, 1.807) is 0 Å². The maximum absolute atomic E-state index is 14.4. The lowest BCUT2D eigenvalue weighted by atomic mass is 9.90. The number of hydrogen-bond donors (Lipinski definition) is 2. The fourth-order valence-electron chi connectivity index (χ4n) is 3.51. The van der Waals surface area contributed by atoms with Crippen LogP contribution in [-0.2, 0) is 16.0 Å². The Hall–Kier alpha value is -2.73. The molecule has 2 N–H and O–H groups in total. The third kappa shape index (κ3) is 2.59. The van der Waals surface area contributed by atoms with E-state index in [4.69, 9.17) is 4.74 Å². The summed E-state index contributed by atoms with van der Waals surface area (Å²) in [4.78, 5) is 15.4. The molecule has 0 unspecified atom stereocenters. The molecule has 0 amide bonds. The topological polar surface area (TPSA) is 54.1 Å². The van der Waals surface area contributed by atoms with E-state index in [-0.39, 0.29) is 5.56 Å². The average Bonchev–Trinajstić information content (AvgIpc) is 2.99. The van der Waals surface area contributed by atoms with Crippen LogP contribution in [-0.4, -0.2) is 24.1 Å². The molecule has 0 bridgehead atoms. The van der Waals surface area contributed by atoms with Gasteiger partial charge in [-0.25, -0.2) is 8.78 Å². The SMILES string of the molecule is COC(=O)[C@@H]1Cc2c([nH]c3ccccc23)[C@@H](c2ccc(F)cc2F)N1. The molecule has 2 heterocycles. The fourth-order valence-corrected chi connectivity index (χ4v) is 3.51. The van der Waals surface area contributed by atoms with E-state index >= 15 is 0 Å². The van der Waals surface area contributed by atoms with Crippen molar-refractivity contribution in [2.45, 2.75) is 18.5 Å². The summed E-state index contributed by atoms with van der Waals surface area (Å²) in [5.41, 5.74) is 2.92. The fraction of sp³-hybridized carbons (Fsp3) is 0.211. The predicted octanol–water partition coefficient (Wildman–Crippen LogP) is 3.22. The van der Waals surface area contributed by atoms with Crippen molar-refractivity contribution in [2.24, 2.45) is 0 Å². The van der Waals surface area contributed by atoms with Crippen LogP contribution < -0.4 is 5.32 Å². The van der Waals surface area contributed by atoms with Gasteiger partial charge in [-0.2, -0.15) is 0 Å². The number of hydrogen-bond acceptors (Lipinski definition) is 3. The van der Waals surface area contributed by atoms with Gasteiger partial charge in [-0.15, -0.1) is 0 Å². The Labute approximate surface area is 142 Å². The van der Waals surface area contributed by atoms with Crippen LogP contribution in [0.2, 0.25) is 0 Å². The number of rotatable bonds is 2. The van der Waals surface area contributed by atoms with Crippen LogP contribution in [0.15, 0.2) is 42.5 Å². The molecule has 0 spiro atoms. The van der Waals surface area contributed by atoms with E-state index in [0.717, 1.165) is 28.2 Å². The molecular formula is C19H16F2N2O2. The molecule has 2 atom stereocenters. The number of aromatic amines is 1. The maximum Gasteiger partial charge on any atom is 0.323 e. The summed E-state index contributed by atoms with van der Waals surface area (Å²) in [6.07, 6.45) is 0.436. The number of H-pyrrole nitrogens is 1. The number of halogens is 2. The Morgan fingerprint density at radius 2 is 2.00 bits per heavy atom. The zero-order valence-electron chi connectivity index (χ0n) is 13.5. The molecule has 1 aliphatic heterocycles. The van der Waals surface area contributed by atoms with Crippen LogP contribution in [0.5, 0.6) is 0 Å². The molecule has 4 rings (SSSR count). The summed E-state index contributed by atoms with van der Waals surface area (Å²) in [6, 6.07) is 9.97. The van der Waals surface area contributed by atoms with Gasteiger partial charge in [0.25, 0.3) is 0 Å². The molecule has 25 heavy (non-hydrogen) atoms. The first kappa shape index (κ1) is 15.8. The Bertz CT molecular complexity index is 967. The number of carbonyl (C=O) groups is 1. The first-order chi connectivity index (χ1) is 12.1. The summed E-state index contributed by atoms with van der Waals surface area (Å²) in [6.45, 7) is 0. The van der Waals surface area contributed by atoms with Gasteiger partial charge >= 0.3 is 5.97 Å². The lowest BCUT2D eigenvalue weighted by molar-refractivity contribution is -0.143. The number of esters is 1. The molecule has 0 radical (unpaired) electrons. The Morgan fingerprint density at radius 3 is 2.76 bits per heavy atom. The van der Waals surface area contributed by atoms with Gasteiger partial charge in [0.15, 0.2) is 0 Å². The highest BCUT2D eigenvalue weighted by Crippen LogP contribution is 2.36. The Kier molecular flexibility index (Phi) is 3.77. The van der Waals surface area contributed by atoms with Crippen LogP contribution in [0.4, 0.5) is 8.78 Å². The van der Waals surface area contributed by atoms with Crippen LogP contribution in [0.3, 0.4) is 0 Å². The van der Waals surface area contributed by atoms with Crippen LogP contribution in [0, 0.1) is 11.6 Å². The third-order valence-corrected chi connectivity index (χ3v) is 4.67. The number of carbonyl (C=O) groups excluding carboxylic acids is 1. The van der Waals surface area contributed by atoms with Gasteiger partial charge < -0.3 is 9.72 Å². The van der Waals surface area contributed by atoms with Crippen molar-refractivity contribution in [1.29, 1.82) is 0 Å². The van der Waals surface area contributed by atoms with Gasteiger partial charge in [0.2, 0.25) is 0 Å². The number of benzene rings is 2. The number of aromatic nitrogens is 1. The third-order valence-electron chi connectivity index (χ3n) is 4.67. The first-order valence-corrected chi connectivity index (χ1v) is 7.97. The zero-order valence-corrected chi connectivity index (χ0v) is 13.5. The molecule has 0 aliphatic carbocycles. The average molecular weight is 342 g/mol. The second-order valence-electron chi connectivity index (χ2n) is 6.11. The molecule has 1 aliphatic rings. The Balaban J connectivity index is 1.90. The minimum atomic E-state index is -0.660. The normalized spacial score (nSPS) is 19.6. The molecular weight excluding hydrogens is 326 g/mol. The molecule has 0 saturated carbocycles. The number of nitrogens with one attached hydrogen (secondary N) is 2. The van der Waals surface area contributed by atoms with Gasteiger partial charge in [-0.05, 0) is 17.7 Å². The van der Waals surface area contributed by atoms with Crippen molar-refractivity contribution in [3.8, 4) is 0 Å². The zero-order chi connectivity index (χ0) is 17.6. The lowest BCUT2D eigenvalue weighted by Gasteiger charge is -2.30. The summed E-state index contributed by atoms with van der Waals surface area (Å²) in [5.74, 6) is -1.71. The summed E-state index contributed by atoms with van der Waals surface area (Å²) < 4.78 is 32.5. The minimum absolute atomic E-state index is 0.280. The van der Waals surface area contributed by atoms with Crippen molar-refractivity contribution >= 4 is 16.9 Å². The van der Waals surface area contributed by atoms with E-state index in [1.165, 1.54) is 19.2 Å². The van der Waals surface area contributed by atoms with Crippen molar-refractivity contribution in [1.82, 2.24) is 10.3 Å². The number of methoxy groups -OCH3 is 1. The second-order valence-corrected chi connectivity index (χ2v) is 6.11. The number of fused-ring (bicyclic) bond motifs is 3. The lowest BCUT2D eigenvalue weighted by Crippen LogP contribution is -2.45. The van der Waals surface area contributed by atoms with Gasteiger partial charge in [0, 0.05) is 34.6 Å². The van der Waals surface area contributed by atoms with Crippen molar-refractivity contribution in [3.63, 3.8) is 0 Å². The largest absolute Gasteiger partial charge is 0.468 e. The van der Waals surface area contributed by atoms with E-state index in [9.17, 15) is 13.6 Å². The van der Waals surface area contributed by atoms with Crippen LogP contribution in [0.25, 0.3) is 10.9 Å². The van der Waals surface area contributed by atoms with Crippen molar-refractivity contribution in [2.75, 3.05) is 7.11 Å². The molecule has 6 heteroatoms.